The zero-order chi connectivity index (χ0) is 29.1. The molecular formula is C31H32FN5O4. The Kier molecular flexibility index (Phi) is 8.26. The maximum absolute atomic E-state index is 15.5. The summed E-state index contributed by atoms with van der Waals surface area (Å²) in [6.07, 6.45) is 2.33. The summed E-state index contributed by atoms with van der Waals surface area (Å²) in [7, 11) is 0. The molecule has 1 saturated carbocycles. The summed E-state index contributed by atoms with van der Waals surface area (Å²) < 4.78 is 29.5. The van der Waals surface area contributed by atoms with Crippen LogP contribution in [-0.2, 0) is 27.1 Å². The Morgan fingerprint density at radius 1 is 1.20 bits per heavy atom. The summed E-state index contributed by atoms with van der Waals surface area (Å²) in [6.45, 7) is 5.70. The first-order valence-electron chi connectivity index (χ1n) is 13.9. The summed E-state index contributed by atoms with van der Waals surface area (Å²) in [5.74, 6) is 0.125. The molecular weight excluding hydrogens is 525 g/mol. The lowest BCUT2D eigenvalue weighted by Gasteiger charge is -2.36. The zero-order valence-corrected chi connectivity index (χ0v) is 23.4. The van der Waals surface area contributed by atoms with Gasteiger partial charge >= 0.3 is 5.97 Å². The average Bonchev–Trinajstić information content (AvgIpc) is 3.33. The highest BCUT2D eigenvalue weighted by Crippen LogP contribution is 2.35. The number of carbonyl (C=O) groups is 1. The monoisotopic (exact) mass is 557 g/mol. The van der Waals surface area contributed by atoms with Gasteiger partial charge in [-0.2, -0.15) is 15.3 Å². The molecule has 1 aliphatic rings. The molecule has 0 unspecified atom stereocenters. The van der Waals surface area contributed by atoms with Crippen LogP contribution in [-0.4, -0.2) is 44.5 Å². The molecule has 212 valence electrons. The lowest BCUT2D eigenvalue weighted by Crippen LogP contribution is -2.41. The molecule has 5 rings (SSSR count). The number of benzene rings is 2. The first-order chi connectivity index (χ1) is 19.8. The van der Waals surface area contributed by atoms with Gasteiger partial charge in [-0.3, -0.25) is 9.36 Å². The van der Waals surface area contributed by atoms with E-state index in [4.69, 9.17) is 9.47 Å². The van der Waals surface area contributed by atoms with E-state index in [1.807, 2.05) is 13.0 Å². The molecule has 0 atom stereocenters. The summed E-state index contributed by atoms with van der Waals surface area (Å²) in [5.41, 5.74) is 3.07. The lowest BCUT2D eigenvalue weighted by atomic mass is 9.88. The first kappa shape index (κ1) is 28.2. The second-order valence-electron chi connectivity index (χ2n) is 10.2. The fraction of sp³-hybridized carbons (Fsp3) is 0.387. The molecule has 9 nitrogen and oxygen atoms in total. The van der Waals surface area contributed by atoms with Crippen LogP contribution in [0.1, 0.15) is 67.4 Å². The SMILES string of the molecule is CCCc1c(Cc2ccc(-c3ccccc3C#N)cc2F)c(=O)n(C2CC(OCC(=O)OCC)C2)c2nc(C)nn12. The van der Waals surface area contributed by atoms with Gasteiger partial charge in [0, 0.05) is 18.0 Å². The second-order valence-corrected chi connectivity index (χ2v) is 10.2. The average molecular weight is 558 g/mol. The predicted octanol–water partition coefficient (Wildman–Crippen LogP) is 4.70. The molecule has 0 aliphatic heterocycles. The molecule has 2 heterocycles. The van der Waals surface area contributed by atoms with Crippen LogP contribution < -0.4 is 5.56 Å². The number of rotatable bonds is 10. The smallest absolute Gasteiger partial charge is 0.332 e. The number of carbonyl (C=O) groups excluding carboxylic acids is 1. The molecule has 0 spiro atoms. The maximum Gasteiger partial charge on any atom is 0.332 e. The number of esters is 1. The third-order valence-corrected chi connectivity index (χ3v) is 7.44. The highest BCUT2D eigenvalue weighted by Gasteiger charge is 2.35. The number of aromatic nitrogens is 4. The quantitative estimate of drug-likeness (QED) is 0.260. The van der Waals surface area contributed by atoms with E-state index in [2.05, 4.69) is 16.2 Å². The third kappa shape index (κ3) is 5.63. The van der Waals surface area contributed by atoms with Crippen LogP contribution in [0.2, 0.25) is 0 Å². The normalized spacial score (nSPS) is 16.4. The van der Waals surface area contributed by atoms with E-state index in [-0.39, 0.29) is 30.7 Å². The van der Waals surface area contributed by atoms with E-state index in [1.165, 1.54) is 6.07 Å². The van der Waals surface area contributed by atoms with Gasteiger partial charge in [-0.15, -0.1) is 0 Å². The molecule has 1 aliphatic carbocycles. The highest BCUT2D eigenvalue weighted by atomic mass is 19.1. The van der Waals surface area contributed by atoms with Gasteiger partial charge in [-0.05, 0) is 61.9 Å². The van der Waals surface area contributed by atoms with Crippen molar-refractivity contribution in [2.75, 3.05) is 13.2 Å². The minimum absolute atomic E-state index is 0.0878. The van der Waals surface area contributed by atoms with Gasteiger partial charge in [0.2, 0.25) is 5.78 Å². The predicted molar refractivity (Wildman–Crippen MR) is 150 cm³/mol. The van der Waals surface area contributed by atoms with Gasteiger partial charge in [0.1, 0.15) is 18.2 Å². The zero-order valence-electron chi connectivity index (χ0n) is 23.4. The Labute approximate surface area is 237 Å². The van der Waals surface area contributed by atoms with Gasteiger partial charge < -0.3 is 9.47 Å². The number of ether oxygens (including phenoxy) is 2. The van der Waals surface area contributed by atoms with Crippen LogP contribution >= 0.6 is 0 Å². The van der Waals surface area contributed by atoms with Crippen LogP contribution in [0, 0.1) is 24.1 Å². The largest absolute Gasteiger partial charge is 0.464 e. The Bertz CT molecular complexity index is 1700. The van der Waals surface area contributed by atoms with Crippen molar-refractivity contribution >= 4 is 11.7 Å². The highest BCUT2D eigenvalue weighted by molar-refractivity contribution is 5.71. The molecule has 0 amide bonds. The van der Waals surface area contributed by atoms with Gasteiger partial charge in [-0.25, -0.2) is 13.7 Å². The number of hydrogen-bond acceptors (Lipinski definition) is 7. The molecule has 2 aromatic heterocycles. The number of halogens is 1. The molecule has 0 saturated heterocycles. The summed E-state index contributed by atoms with van der Waals surface area (Å²) in [4.78, 5) is 30.3. The van der Waals surface area contributed by atoms with Crippen molar-refractivity contribution in [1.82, 2.24) is 19.2 Å². The Balaban J connectivity index is 1.49. The van der Waals surface area contributed by atoms with E-state index in [1.54, 1.807) is 53.3 Å². The van der Waals surface area contributed by atoms with Gasteiger partial charge in [0.15, 0.2) is 0 Å². The summed E-state index contributed by atoms with van der Waals surface area (Å²) in [5, 5.41) is 14.1. The van der Waals surface area contributed by atoms with Crippen LogP contribution in [0.3, 0.4) is 0 Å². The van der Waals surface area contributed by atoms with Crippen molar-refractivity contribution in [1.29, 1.82) is 5.26 Å². The fourth-order valence-corrected chi connectivity index (χ4v) is 5.38. The van der Waals surface area contributed by atoms with E-state index in [0.29, 0.717) is 65.3 Å². The van der Waals surface area contributed by atoms with E-state index < -0.39 is 11.8 Å². The van der Waals surface area contributed by atoms with E-state index >= 15 is 4.39 Å². The molecule has 2 aromatic carbocycles. The minimum Gasteiger partial charge on any atom is -0.464 e. The minimum atomic E-state index is -0.449. The van der Waals surface area contributed by atoms with Crippen LogP contribution in [0.5, 0.6) is 0 Å². The molecule has 1 fully saturated rings. The number of nitriles is 1. The van der Waals surface area contributed by atoms with Gasteiger partial charge in [-0.1, -0.05) is 43.7 Å². The Hall–Kier alpha value is -4.36. The molecule has 0 N–H and O–H groups in total. The number of nitrogens with zero attached hydrogens (tertiary/aromatic N) is 5. The van der Waals surface area contributed by atoms with E-state index in [0.717, 1.165) is 12.1 Å². The first-order valence-corrected chi connectivity index (χ1v) is 13.9. The van der Waals surface area contributed by atoms with Crippen LogP contribution in [0.15, 0.2) is 47.3 Å². The van der Waals surface area contributed by atoms with Crippen molar-refractivity contribution in [3.63, 3.8) is 0 Å². The standard InChI is InChI=1S/C31H32FN5O4/c1-4-8-28-26(13-21-12-11-20(14-27(21)32)25-10-7-6-9-22(25)17-33)30(39)36(31-34-19(3)35-37(28)31)23-15-24(16-23)41-18-29(38)40-5-2/h6-7,9-12,14,23-24H,4-5,8,13,15-16,18H2,1-3H3. The third-order valence-electron chi connectivity index (χ3n) is 7.44. The van der Waals surface area contributed by atoms with Gasteiger partial charge in [0.25, 0.3) is 5.56 Å². The molecule has 0 radical (unpaired) electrons. The Morgan fingerprint density at radius 2 is 1.98 bits per heavy atom. The summed E-state index contributed by atoms with van der Waals surface area (Å²) in [6, 6.07) is 13.9. The number of aryl methyl sites for hydroxylation is 2. The second kappa shape index (κ2) is 12.0. The van der Waals surface area contributed by atoms with Crippen LogP contribution in [0.4, 0.5) is 4.39 Å². The molecule has 4 aromatic rings. The van der Waals surface area contributed by atoms with Crippen molar-refractivity contribution in [3.05, 3.63) is 86.8 Å². The van der Waals surface area contributed by atoms with Crippen LogP contribution in [0.25, 0.3) is 16.9 Å². The van der Waals surface area contributed by atoms with Gasteiger partial charge in [0.05, 0.1) is 30.0 Å². The molecule has 41 heavy (non-hydrogen) atoms. The number of hydrogen-bond donors (Lipinski definition) is 0. The van der Waals surface area contributed by atoms with Crippen molar-refractivity contribution in [3.8, 4) is 17.2 Å². The topological polar surface area (TPSA) is 112 Å². The fourth-order valence-electron chi connectivity index (χ4n) is 5.38. The summed E-state index contributed by atoms with van der Waals surface area (Å²) >= 11 is 0. The van der Waals surface area contributed by atoms with Crippen molar-refractivity contribution in [2.45, 2.75) is 65.0 Å². The maximum atomic E-state index is 15.5. The van der Waals surface area contributed by atoms with Crippen molar-refractivity contribution < 1.29 is 18.7 Å². The molecule has 10 heteroatoms. The van der Waals surface area contributed by atoms with Crippen molar-refractivity contribution in [2.24, 2.45) is 0 Å². The Morgan fingerprint density at radius 3 is 2.68 bits per heavy atom. The lowest BCUT2D eigenvalue weighted by molar-refractivity contribution is -0.153. The van der Waals surface area contributed by atoms with E-state index in [9.17, 15) is 14.9 Å². The molecule has 0 bridgehead atoms. The number of fused-ring (bicyclic) bond motifs is 1.